The van der Waals surface area contributed by atoms with Crippen molar-refractivity contribution in [3.05, 3.63) is 0 Å². The van der Waals surface area contributed by atoms with Gasteiger partial charge in [-0.2, -0.15) is 0 Å². The van der Waals surface area contributed by atoms with Gasteiger partial charge in [-0.1, -0.05) is 78.6 Å². The Balaban J connectivity index is 3.93. The minimum atomic E-state index is -0.237. The van der Waals surface area contributed by atoms with Gasteiger partial charge < -0.3 is 10.1 Å². The molecule has 0 saturated carbocycles. The van der Waals surface area contributed by atoms with E-state index in [2.05, 4.69) is 26.1 Å². The van der Waals surface area contributed by atoms with Crippen LogP contribution in [0, 0.1) is 0 Å². The monoisotopic (exact) mass is 313 g/mol. The van der Waals surface area contributed by atoms with Crippen molar-refractivity contribution >= 4 is 5.91 Å². The van der Waals surface area contributed by atoms with Gasteiger partial charge in [0.05, 0.1) is 0 Å². The van der Waals surface area contributed by atoms with Crippen molar-refractivity contribution in [1.29, 1.82) is 0 Å². The number of amides is 1. The number of ether oxygens (including phenoxy) is 1. The van der Waals surface area contributed by atoms with Gasteiger partial charge in [0.15, 0.2) is 0 Å². The van der Waals surface area contributed by atoms with Crippen molar-refractivity contribution in [1.82, 2.24) is 5.32 Å². The summed E-state index contributed by atoms with van der Waals surface area (Å²) >= 11 is 0. The highest BCUT2D eigenvalue weighted by Gasteiger charge is 2.17. The van der Waals surface area contributed by atoms with Crippen molar-refractivity contribution in [3.63, 3.8) is 0 Å². The van der Waals surface area contributed by atoms with Crippen LogP contribution in [0.15, 0.2) is 0 Å². The molecule has 1 unspecified atom stereocenters. The first-order valence-electron chi connectivity index (χ1n) is 9.65. The van der Waals surface area contributed by atoms with Gasteiger partial charge in [-0.25, -0.2) is 0 Å². The van der Waals surface area contributed by atoms with Crippen LogP contribution in [0.25, 0.3) is 0 Å². The van der Waals surface area contributed by atoms with Gasteiger partial charge in [-0.3, -0.25) is 4.79 Å². The highest BCUT2D eigenvalue weighted by atomic mass is 16.5. The summed E-state index contributed by atoms with van der Waals surface area (Å²) in [7, 11) is 0. The van der Waals surface area contributed by atoms with Crippen molar-refractivity contribution in [2.45, 2.75) is 104 Å². The summed E-state index contributed by atoms with van der Waals surface area (Å²) in [5.41, 5.74) is 0. The largest absolute Gasteiger partial charge is 0.368 e. The second kappa shape index (κ2) is 16.8. The minimum absolute atomic E-state index is 0.0979. The number of hydrogen-bond acceptors (Lipinski definition) is 2. The summed E-state index contributed by atoms with van der Waals surface area (Å²) in [4.78, 5) is 12.2. The minimum Gasteiger partial charge on any atom is -0.368 e. The molecule has 132 valence electrons. The Hall–Kier alpha value is -0.570. The molecule has 3 nitrogen and oxygen atoms in total. The lowest BCUT2D eigenvalue weighted by Crippen LogP contribution is -2.37. The van der Waals surface area contributed by atoms with E-state index in [4.69, 9.17) is 4.74 Å². The lowest BCUT2D eigenvalue weighted by molar-refractivity contribution is -0.133. The summed E-state index contributed by atoms with van der Waals surface area (Å²) in [6.07, 6.45) is 13.8. The topological polar surface area (TPSA) is 38.3 Å². The Morgan fingerprint density at radius 3 is 2.09 bits per heavy atom. The fraction of sp³-hybridized carbons (Fsp3) is 0.947. The SMILES string of the molecule is CCCCCCCCC(OCCCC)C(=O)NCCCCC. The van der Waals surface area contributed by atoms with Gasteiger partial charge in [-0.15, -0.1) is 0 Å². The Morgan fingerprint density at radius 1 is 0.818 bits per heavy atom. The molecule has 1 N–H and O–H groups in total. The Labute approximate surface area is 138 Å². The molecule has 0 fully saturated rings. The lowest BCUT2D eigenvalue weighted by atomic mass is 10.1. The smallest absolute Gasteiger partial charge is 0.249 e. The van der Waals surface area contributed by atoms with Gasteiger partial charge in [0.2, 0.25) is 5.91 Å². The van der Waals surface area contributed by atoms with Crippen LogP contribution in [0.5, 0.6) is 0 Å². The number of rotatable bonds is 16. The molecule has 0 heterocycles. The van der Waals surface area contributed by atoms with Crippen molar-refractivity contribution < 1.29 is 9.53 Å². The average Bonchev–Trinajstić information content (AvgIpc) is 2.53. The second-order valence-electron chi connectivity index (χ2n) is 6.27. The van der Waals surface area contributed by atoms with E-state index < -0.39 is 0 Å². The van der Waals surface area contributed by atoms with Crippen molar-refractivity contribution in [3.8, 4) is 0 Å². The zero-order valence-corrected chi connectivity index (χ0v) is 15.3. The molecular formula is C19H39NO2. The summed E-state index contributed by atoms with van der Waals surface area (Å²) in [6, 6.07) is 0. The maximum Gasteiger partial charge on any atom is 0.249 e. The quantitative estimate of drug-likeness (QED) is 0.396. The van der Waals surface area contributed by atoms with E-state index in [1.165, 1.54) is 44.9 Å². The normalized spacial score (nSPS) is 12.3. The maximum atomic E-state index is 12.2. The molecule has 1 atom stereocenters. The van der Waals surface area contributed by atoms with E-state index in [-0.39, 0.29) is 12.0 Å². The molecule has 0 aliphatic heterocycles. The number of carbonyl (C=O) groups is 1. The van der Waals surface area contributed by atoms with E-state index >= 15 is 0 Å². The van der Waals surface area contributed by atoms with Gasteiger partial charge in [0.25, 0.3) is 0 Å². The molecule has 0 radical (unpaired) electrons. The molecule has 22 heavy (non-hydrogen) atoms. The van der Waals surface area contributed by atoms with Crippen LogP contribution in [-0.2, 0) is 9.53 Å². The first-order chi connectivity index (χ1) is 10.8. The van der Waals surface area contributed by atoms with Crippen LogP contribution in [-0.4, -0.2) is 25.2 Å². The Bertz CT molecular complexity index is 244. The van der Waals surface area contributed by atoms with Crippen LogP contribution in [0.1, 0.15) is 97.8 Å². The van der Waals surface area contributed by atoms with E-state index in [0.717, 1.165) is 38.6 Å². The fourth-order valence-electron chi connectivity index (χ4n) is 2.47. The summed E-state index contributed by atoms with van der Waals surface area (Å²) in [6.45, 7) is 8.06. The fourth-order valence-corrected chi connectivity index (χ4v) is 2.47. The maximum absolute atomic E-state index is 12.2. The van der Waals surface area contributed by atoms with E-state index in [9.17, 15) is 4.79 Å². The molecule has 0 saturated heterocycles. The van der Waals surface area contributed by atoms with Gasteiger partial charge in [0.1, 0.15) is 6.10 Å². The van der Waals surface area contributed by atoms with Crippen molar-refractivity contribution in [2.75, 3.05) is 13.2 Å². The average molecular weight is 314 g/mol. The second-order valence-corrected chi connectivity index (χ2v) is 6.27. The molecule has 0 aromatic rings. The first kappa shape index (κ1) is 21.4. The highest BCUT2D eigenvalue weighted by molar-refractivity contribution is 5.80. The third kappa shape index (κ3) is 13.1. The highest BCUT2D eigenvalue weighted by Crippen LogP contribution is 2.11. The number of nitrogens with one attached hydrogen (secondary N) is 1. The van der Waals surface area contributed by atoms with E-state index in [0.29, 0.717) is 6.61 Å². The van der Waals surface area contributed by atoms with E-state index in [1.54, 1.807) is 0 Å². The zero-order chi connectivity index (χ0) is 16.5. The van der Waals surface area contributed by atoms with Crippen LogP contribution < -0.4 is 5.32 Å². The van der Waals surface area contributed by atoms with Crippen LogP contribution >= 0.6 is 0 Å². The molecular weight excluding hydrogens is 274 g/mol. The molecule has 0 bridgehead atoms. The van der Waals surface area contributed by atoms with Gasteiger partial charge >= 0.3 is 0 Å². The first-order valence-corrected chi connectivity index (χ1v) is 9.65. The van der Waals surface area contributed by atoms with Crippen LogP contribution in [0.3, 0.4) is 0 Å². The molecule has 0 rings (SSSR count). The molecule has 0 aromatic heterocycles. The van der Waals surface area contributed by atoms with Crippen LogP contribution in [0.4, 0.5) is 0 Å². The van der Waals surface area contributed by atoms with Crippen molar-refractivity contribution in [2.24, 2.45) is 0 Å². The lowest BCUT2D eigenvalue weighted by Gasteiger charge is -2.17. The molecule has 0 aliphatic rings. The summed E-state index contributed by atoms with van der Waals surface area (Å²) in [5.74, 6) is 0.0979. The number of hydrogen-bond donors (Lipinski definition) is 1. The Kier molecular flexibility index (Phi) is 16.4. The molecule has 0 aromatic carbocycles. The Morgan fingerprint density at radius 2 is 1.41 bits per heavy atom. The van der Waals surface area contributed by atoms with Crippen LogP contribution in [0.2, 0.25) is 0 Å². The molecule has 0 aliphatic carbocycles. The van der Waals surface area contributed by atoms with E-state index in [1.807, 2.05) is 0 Å². The zero-order valence-electron chi connectivity index (χ0n) is 15.3. The summed E-state index contributed by atoms with van der Waals surface area (Å²) < 4.78 is 5.82. The standard InChI is InChI=1S/C19H39NO2/c1-4-7-10-11-12-13-15-18(22-17-9-6-3)19(21)20-16-14-8-5-2/h18H,4-17H2,1-3H3,(H,20,21). The van der Waals surface area contributed by atoms with Gasteiger partial charge in [-0.05, 0) is 19.3 Å². The number of carbonyl (C=O) groups excluding carboxylic acids is 1. The molecule has 1 amide bonds. The third-order valence-corrected chi connectivity index (χ3v) is 4.01. The molecule has 0 spiro atoms. The van der Waals surface area contributed by atoms with Gasteiger partial charge in [0, 0.05) is 13.2 Å². The predicted molar refractivity (Wildman–Crippen MR) is 95.2 cm³/mol. The number of unbranched alkanes of at least 4 members (excludes halogenated alkanes) is 8. The molecule has 3 heteroatoms. The predicted octanol–water partition coefficient (Wildman–Crippen LogP) is 5.23. The summed E-state index contributed by atoms with van der Waals surface area (Å²) in [5, 5.41) is 3.04. The third-order valence-electron chi connectivity index (χ3n) is 4.01.